The van der Waals surface area contributed by atoms with Crippen molar-refractivity contribution in [2.75, 3.05) is 33.0 Å². The van der Waals surface area contributed by atoms with Gasteiger partial charge in [-0.3, -0.25) is 4.79 Å². The van der Waals surface area contributed by atoms with Gasteiger partial charge in [-0.2, -0.15) is 0 Å². The zero-order valence-electron chi connectivity index (χ0n) is 28.7. The molecule has 0 aliphatic carbocycles. The number of carbonyl (C=O) groups is 1. The van der Waals surface area contributed by atoms with E-state index in [1.54, 1.807) is 0 Å². The van der Waals surface area contributed by atoms with E-state index in [-0.39, 0.29) is 13.2 Å². The summed E-state index contributed by atoms with van der Waals surface area (Å²) in [5.41, 5.74) is 0. The molecule has 2 aliphatic heterocycles. The Morgan fingerprint density at radius 3 is 1.77 bits per heavy atom. The van der Waals surface area contributed by atoms with Crippen LogP contribution in [0.5, 0.6) is 0 Å². The Morgan fingerprint density at radius 2 is 1.19 bits per heavy atom. The van der Waals surface area contributed by atoms with Crippen LogP contribution < -0.4 is 0 Å². The second kappa shape index (κ2) is 24.8. The first-order valence-electron chi connectivity index (χ1n) is 17.7. The Bertz CT molecular complexity index is 860. The summed E-state index contributed by atoms with van der Waals surface area (Å²) in [6.07, 6.45) is 3.97. The van der Waals surface area contributed by atoms with Crippen molar-refractivity contribution >= 4 is 5.97 Å². The van der Waals surface area contributed by atoms with Crippen LogP contribution in [-0.2, 0) is 33.2 Å². The lowest BCUT2D eigenvalue weighted by Gasteiger charge is -2.42. The van der Waals surface area contributed by atoms with E-state index < -0.39 is 86.7 Å². The quantitative estimate of drug-likeness (QED) is 0.0407. The molecule has 0 aromatic heterocycles. The first-order valence-corrected chi connectivity index (χ1v) is 17.7. The Morgan fingerprint density at radius 1 is 0.667 bits per heavy atom. The molecule has 2 heterocycles. The van der Waals surface area contributed by atoms with E-state index in [4.69, 9.17) is 28.4 Å². The SMILES string of the molecule is CCCCCCC/C=C\CCCCCCCCOCC(COC1OC(COC2OC(CO)C(O)C(O)C2O)C(O)C(O)C1O)OC(C)=O. The summed E-state index contributed by atoms with van der Waals surface area (Å²) in [4.78, 5) is 11.7. The van der Waals surface area contributed by atoms with Crippen LogP contribution in [-0.4, -0.2) is 142 Å². The number of aliphatic hydroxyl groups is 7. The third-order valence-electron chi connectivity index (χ3n) is 8.57. The van der Waals surface area contributed by atoms with E-state index in [1.165, 1.54) is 64.7 Å². The monoisotopic (exact) mass is 694 g/mol. The Kier molecular flexibility index (Phi) is 22.2. The number of hydrogen-bond acceptors (Lipinski definition) is 14. The maximum absolute atomic E-state index is 11.7. The van der Waals surface area contributed by atoms with Crippen molar-refractivity contribution in [3.8, 4) is 0 Å². The lowest BCUT2D eigenvalue weighted by Crippen LogP contribution is -2.61. The normalized spacial score (nSPS) is 31.7. The molecule has 0 radical (unpaired) electrons. The van der Waals surface area contributed by atoms with Crippen LogP contribution in [0.25, 0.3) is 0 Å². The second-order valence-corrected chi connectivity index (χ2v) is 12.8. The summed E-state index contributed by atoms with van der Waals surface area (Å²) >= 11 is 0. The first kappa shape index (κ1) is 42.9. The number of allylic oxidation sites excluding steroid dienone is 2. The Labute approximate surface area is 284 Å². The van der Waals surface area contributed by atoms with Gasteiger partial charge in [-0.05, 0) is 32.1 Å². The van der Waals surface area contributed by atoms with Gasteiger partial charge in [-0.15, -0.1) is 0 Å². The van der Waals surface area contributed by atoms with Gasteiger partial charge >= 0.3 is 5.97 Å². The molecule has 282 valence electrons. The van der Waals surface area contributed by atoms with Crippen molar-refractivity contribution in [2.45, 2.75) is 165 Å². The summed E-state index contributed by atoms with van der Waals surface area (Å²) in [6, 6.07) is 0. The van der Waals surface area contributed by atoms with Crippen molar-refractivity contribution in [3.63, 3.8) is 0 Å². The lowest BCUT2D eigenvalue weighted by molar-refractivity contribution is -0.332. The molecule has 14 heteroatoms. The van der Waals surface area contributed by atoms with E-state index in [0.29, 0.717) is 6.61 Å². The number of aliphatic hydroxyl groups excluding tert-OH is 7. The van der Waals surface area contributed by atoms with Gasteiger partial charge in [0.25, 0.3) is 0 Å². The van der Waals surface area contributed by atoms with Gasteiger partial charge in [-0.1, -0.05) is 70.4 Å². The van der Waals surface area contributed by atoms with Gasteiger partial charge < -0.3 is 64.2 Å². The second-order valence-electron chi connectivity index (χ2n) is 12.8. The minimum Gasteiger partial charge on any atom is -0.458 e. The highest BCUT2D eigenvalue weighted by Gasteiger charge is 2.47. The molecule has 48 heavy (non-hydrogen) atoms. The van der Waals surface area contributed by atoms with Gasteiger partial charge in [-0.25, -0.2) is 0 Å². The van der Waals surface area contributed by atoms with Crippen molar-refractivity contribution in [3.05, 3.63) is 12.2 Å². The fourth-order valence-electron chi connectivity index (χ4n) is 5.63. The molecular formula is C34H62O14. The van der Waals surface area contributed by atoms with Gasteiger partial charge in [0.05, 0.1) is 26.4 Å². The molecule has 0 spiro atoms. The zero-order valence-corrected chi connectivity index (χ0v) is 28.7. The fraction of sp³-hybridized carbons (Fsp3) is 0.912. The average Bonchev–Trinajstić information content (AvgIpc) is 3.07. The molecule has 7 N–H and O–H groups in total. The van der Waals surface area contributed by atoms with Crippen LogP contribution >= 0.6 is 0 Å². The van der Waals surface area contributed by atoms with Crippen LogP contribution in [0.2, 0.25) is 0 Å². The van der Waals surface area contributed by atoms with Crippen molar-refractivity contribution in [2.24, 2.45) is 0 Å². The predicted octanol–water partition coefficient (Wildman–Crippen LogP) is 1.22. The van der Waals surface area contributed by atoms with Crippen LogP contribution in [0.4, 0.5) is 0 Å². The maximum atomic E-state index is 11.7. The van der Waals surface area contributed by atoms with Crippen molar-refractivity contribution < 1.29 is 69.0 Å². The molecule has 2 fully saturated rings. The molecule has 14 nitrogen and oxygen atoms in total. The maximum Gasteiger partial charge on any atom is 0.303 e. The summed E-state index contributed by atoms with van der Waals surface area (Å²) < 4.78 is 32.9. The van der Waals surface area contributed by atoms with Gasteiger partial charge in [0.1, 0.15) is 54.9 Å². The molecule has 0 bridgehead atoms. The average molecular weight is 695 g/mol. The van der Waals surface area contributed by atoms with Crippen LogP contribution in [0.1, 0.15) is 97.3 Å². The van der Waals surface area contributed by atoms with Crippen LogP contribution in [0.15, 0.2) is 12.2 Å². The highest BCUT2D eigenvalue weighted by Crippen LogP contribution is 2.26. The first-order chi connectivity index (χ1) is 23.1. The zero-order chi connectivity index (χ0) is 35.3. The largest absolute Gasteiger partial charge is 0.458 e. The van der Waals surface area contributed by atoms with Crippen molar-refractivity contribution in [1.82, 2.24) is 0 Å². The Hall–Kier alpha value is -1.27. The highest BCUT2D eigenvalue weighted by atomic mass is 16.7. The number of carbonyl (C=O) groups excluding carboxylic acids is 1. The minimum absolute atomic E-state index is 0.0438. The lowest BCUT2D eigenvalue weighted by atomic mass is 9.98. The number of unbranched alkanes of at least 4 members (excludes halogenated alkanes) is 11. The third-order valence-corrected chi connectivity index (χ3v) is 8.57. The van der Waals surface area contributed by atoms with Gasteiger partial charge in [0, 0.05) is 13.5 Å². The number of ether oxygens (including phenoxy) is 6. The predicted molar refractivity (Wildman–Crippen MR) is 174 cm³/mol. The van der Waals surface area contributed by atoms with E-state index in [0.717, 1.165) is 25.7 Å². The van der Waals surface area contributed by atoms with Gasteiger partial charge in [0.15, 0.2) is 12.6 Å². The van der Waals surface area contributed by atoms with E-state index in [9.17, 15) is 40.5 Å². The summed E-state index contributed by atoms with van der Waals surface area (Å²) in [5.74, 6) is -0.555. The van der Waals surface area contributed by atoms with Crippen LogP contribution in [0, 0.1) is 0 Å². The number of esters is 1. The number of rotatable bonds is 25. The molecule has 11 atom stereocenters. The fourth-order valence-corrected chi connectivity index (χ4v) is 5.63. The molecular weight excluding hydrogens is 632 g/mol. The van der Waals surface area contributed by atoms with E-state index in [1.807, 2.05) is 0 Å². The molecule has 2 aliphatic rings. The molecule has 2 saturated heterocycles. The van der Waals surface area contributed by atoms with E-state index >= 15 is 0 Å². The molecule has 0 aromatic rings. The minimum atomic E-state index is -1.70. The summed E-state index contributed by atoms with van der Waals surface area (Å²) in [7, 11) is 0. The topological polar surface area (TPSA) is 214 Å². The third kappa shape index (κ3) is 15.7. The smallest absolute Gasteiger partial charge is 0.303 e. The molecule has 11 unspecified atom stereocenters. The van der Waals surface area contributed by atoms with Crippen LogP contribution in [0.3, 0.4) is 0 Å². The highest BCUT2D eigenvalue weighted by molar-refractivity contribution is 5.66. The summed E-state index contributed by atoms with van der Waals surface area (Å²) in [5, 5.41) is 70.7. The van der Waals surface area contributed by atoms with E-state index in [2.05, 4.69) is 19.1 Å². The molecule has 2 rings (SSSR count). The molecule has 0 saturated carbocycles. The van der Waals surface area contributed by atoms with Gasteiger partial charge in [0.2, 0.25) is 0 Å². The number of hydrogen-bond donors (Lipinski definition) is 7. The van der Waals surface area contributed by atoms with Crippen molar-refractivity contribution in [1.29, 1.82) is 0 Å². The molecule has 0 amide bonds. The Balaban J connectivity index is 1.66. The molecule has 0 aromatic carbocycles. The summed E-state index contributed by atoms with van der Waals surface area (Å²) in [6.45, 7) is 2.62. The standard InChI is InChI=1S/C34H62O14/c1-3-4-5-6-7-8-9-10-11-12-13-14-15-16-17-18-43-20-24(46-23(2)36)21-44-33-32(42)30(40)28(38)26(48-33)22-45-34-31(41)29(39)27(37)25(19-35)47-34/h9-10,24-35,37-42H,3-8,11-22H2,1-2H3/b10-9-.